The Hall–Kier alpha value is -2.05. The number of nitrogens with one attached hydrogen (secondary N) is 1. The highest BCUT2D eigenvalue weighted by Gasteiger charge is 2.33. The number of fused-ring (bicyclic) bond motifs is 1. The Morgan fingerprint density at radius 2 is 2.08 bits per heavy atom. The van der Waals surface area contributed by atoms with Crippen molar-refractivity contribution in [3.63, 3.8) is 0 Å². The van der Waals surface area contributed by atoms with Crippen LogP contribution < -0.4 is 5.32 Å². The minimum Gasteiger partial charge on any atom is -0.381 e. The van der Waals surface area contributed by atoms with Gasteiger partial charge in [-0.05, 0) is 31.4 Å². The van der Waals surface area contributed by atoms with E-state index in [9.17, 15) is 0 Å². The third kappa shape index (κ3) is 3.37. The van der Waals surface area contributed by atoms with Crippen LogP contribution in [-0.2, 0) is 22.3 Å². The molecule has 0 atom stereocenters. The summed E-state index contributed by atoms with van der Waals surface area (Å²) in [6.45, 7) is 2.23. The van der Waals surface area contributed by atoms with Gasteiger partial charge < -0.3 is 14.8 Å². The molecule has 3 heterocycles. The van der Waals surface area contributed by atoms with Crippen LogP contribution in [0.5, 0.6) is 0 Å². The van der Waals surface area contributed by atoms with E-state index in [2.05, 4.69) is 10.3 Å². The smallest absolute Gasteiger partial charge is 0.180 e. The fourth-order valence-corrected chi connectivity index (χ4v) is 3.63. The molecule has 1 saturated heterocycles. The molecule has 0 spiro atoms. The molecular weight excluding hydrogens is 316 g/mol. The van der Waals surface area contributed by atoms with Gasteiger partial charge in [-0.2, -0.15) is 0 Å². The topological polar surface area (TPSA) is 69.2 Å². The molecule has 0 amide bonds. The van der Waals surface area contributed by atoms with E-state index in [4.69, 9.17) is 19.4 Å². The van der Waals surface area contributed by atoms with Crippen LogP contribution in [0.2, 0.25) is 0 Å². The summed E-state index contributed by atoms with van der Waals surface area (Å²) in [7, 11) is 1.79. The second kappa shape index (κ2) is 7.06. The number of aromatic nitrogens is 3. The van der Waals surface area contributed by atoms with Crippen LogP contribution in [0.15, 0.2) is 24.4 Å². The molecule has 0 aromatic carbocycles. The van der Waals surface area contributed by atoms with Gasteiger partial charge in [0.15, 0.2) is 5.82 Å². The van der Waals surface area contributed by atoms with Crippen LogP contribution >= 0.6 is 0 Å². The largest absolute Gasteiger partial charge is 0.381 e. The Bertz CT molecular complexity index is 730. The van der Waals surface area contributed by atoms with Gasteiger partial charge >= 0.3 is 0 Å². The van der Waals surface area contributed by atoms with Crippen molar-refractivity contribution < 1.29 is 9.47 Å². The van der Waals surface area contributed by atoms with Crippen LogP contribution in [-0.4, -0.2) is 47.4 Å². The predicted octanol–water partition coefficient (Wildman–Crippen LogP) is 2.63. The lowest BCUT2D eigenvalue weighted by molar-refractivity contribution is -0.0807. The van der Waals surface area contributed by atoms with Crippen molar-refractivity contribution in [1.82, 2.24) is 15.0 Å². The number of aryl methyl sites for hydroxylation is 1. The van der Waals surface area contributed by atoms with Gasteiger partial charge in [-0.15, -0.1) is 0 Å². The van der Waals surface area contributed by atoms with Crippen molar-refractivity contribution in [2.24, 2.45) is 0 Å². The van der Waals surface area contributed by atoms with E-state index in [1.165, 1.54) is 5.56 Å². The SMILES string of the molecule is COC1(CNc2nc(-c3ccccn3)nc3c2CCC3)CCOCC1. The Morgan fingerprint density at radius 3 is 2.84 bits per heavy atom. The zero-order valence-electron chi connectivity index (χ0n) is 14.6. The molecule has 132 valence electrons. The fraction of sp³-hybridized carbons (Fsp3) is 0.526. The zero-order chi connectivity index (χ0) is 17.1. The van der Waals surface area contributed by atoms with E-state index in [0.717, 1.165) is 69.1 Å². The highest BCUT2D eigenvalue weighted by atomic mass is 16.5. The maximum Gasteiger partial charge on any atom is 0.180 e. The summed E-state index contributed by atoms with van der Waals surface area (Å²) in [4.78, 5) is 13.9. The standard InChI is InChI=1S/C19H24N4O2/c1-24-19(8-11-25-12-9-19)13-21-17-14-5-4-7-15(14)22-18(23-17)16-6-2-3-10-20-16/h2-3,6,10H,4-5,7-9,11-13H2,1H3,(H,21,22,23). The maximum atomic E-state index is 5.84. The summed E-state index contributed by atoms with van der Waals surface area (Å²) < 4.78 is 11.3. The van der Waals surface area contributed by atoms with Crippen molar-refractivity contribution in [3.05, 3.63) is 35.7 Å². The number of anilines is 1. The number of hydrogen-bond donors (Lipinski definition) is 1. The van der Waals surface area contributed by atoms with Gasteiger partial charge in [0, 0.05) is 57.2 Å². The first-order chi connectivity index (χ1) is 12.3. The minimum absolute atomic E-state index is 0.181. The van der Waals surface area contributed by atoms with Gasteiger partial charge in [0.05, 0.1) is 5.60 Å². The molecule has 1 aliphatic carbocycles. The number of ether oxygens (including phenoxy) is 2. The summed E-state index contributed by atoms with van der Waals surface area (Å²) in [6.07, 6.45) is 6.75. The van der Waals surface area contributed by atoms with Crippen molar-refractivity contribution in [2.75, 3.05) is 32.2 Å². The third-order valence-electron chi connectivity index (χ3n) is 5.24. The number of pyridine rings is 1. The monoisotopic (exact) mass is 340 g/mol. The summed E-state index contributed by atoms with van der Waals surface area (Å²) in [5, 5.41) is 3.56. The molecule has 1 aliphatic heterocycles. The molecule has 0 bridgehead atoms. The first-order valence-corrected chi connectivity index (χ1v) is 8.98. The molecule has 25 heavy (non-hydrogen) atoms. The fourth-order valence-electron chi connectivity index (χ4n) is 3.63. The summed E-state index contributed by atoms with van der Waals surface area (Å²) in [5.41, 5.74) is 3.03. The van der Waals surface area contributed by atoms with E-state index >= 15 is 0 Å². The van der Waals surface area contributed by atoms with Gasteiger partial charge in [-0.25, -0.2) is 9.97 Å². The molecule has 0 radical (unpaired) electrons. The second-order valence-electron chi connectivity index (χ2n) is 6.74. The Kier molecular flexibility index (Phi) is 4.63. The van der Waals surface area contributed by atoms with Crippen molar-refractivity contribution in [3.8, 4) is 11.5 Å². The summed E-state index contributed by atoms with van der Waals surface area (Å²) in [5.74, 6) is 1.63. The van der Waals surface area contributed by atoms with Crippen molar-refractivity contribution in [1.29, 1.82) is 0 Å². The molecular formula is C19H24N4O2. The highest BCUT2D eigenvalue weighted by molar-refractivity contribution is 5.57. The Morgan fingerprint density at radius 1 is 1.20 bits per heavy atom. The van der Waals surface area contributed by atoms with Gasteiger partial charge in [-0.3, -0.25) is 4.98 Å². The van der Waals surface area contributed by atoms with Crippen LogP contribution in [0.25, 0.3) is 11.5 Å². The van der Waals surface area contributed by atoms with E-state index in [0.29, 0.717) is 5.82 Å². The number of methoxy groups -OCH3 is 1. The minimum atomic E-state index is -0.181. The average molecular weight is 340 g/mol. The van der Waals surface area contributed by atoms with E-state index < -0.39 is 0 Å². The van der Waals surface area contributed by atoms with Crippen LogP contribution in [0, 0.1) is 0 Å². The summed E-state index contributed by atoms with van der Waals surface area (Å²) >= 11 is 0. The lowest BCUT2D eigenvalue weighted by atomic mass is 9.94. The molecule has 6 heteroatoms. The Balaban J connectivity index is 1.61. The second-order valence-corrected chi connectivity index (χ2v) is 6.74. The average Bonchev–Trinajstić information content (AvgIpc) is 3.16. The first kappa shape index (κ1) is 16.4. The molecule has 2 aliphatic rings. The quantitative estimate of drug-likeness (QED) is 0.902. The number of rotatable bonds is 5. The number of nitrogens with zero attached hydrogens (tertiary/aromatic N) is 3. The predicted molar refractivity (Wildman–Crippen MR) is 95.6 cm³/mol. The molecule has 2 aromatic heterocycles. The molecule has 4 rings (SSSR count). The normalized spacial score (nSPS) is 18.8. The molecule has 1 N–H and O–H groups in total. The highest BCUT2D eigenvalue weighted by Crippen LogP contribution is 2.30. The van der Waals surface area contributed by atoms with Gasteiger partial charge in [0.1, 0.15) is 11.5 Å². The summed E-state index contributed by atoms with van der Waals surface area (Å²) in [6, 6.07) is 5.83. The van der Waals surface area contributed by atoms with Gasteiger partial charge in [0.25, 0.3) is 0 Å². The molecule has 0 unspecified atom stereocenters. The van der Waals surface area contributed by atoms with E-state index in [-0.39, 0.29) is 5.60 Å². The van der Waals surface area contributed by atoms with E-state index in [1.807, 2.05) is 18.2 Å². The third-order valence-corrected chi connectivity index (χ3v) is 5.24. The molecule has 2 aromatic rings. The van der Waals surface area contributed by atoms with Crippen LogP contribution in [0.1, 0.15) is 30.5 Å². The first-order valence-electron chi connectivity index (χ1n) is 8.98. The Labute approximate surface area is 148 Å². The lowest BCUT2D eigenvalue weighted by Crippen LogP contribution is -2.44. The maximum absolute atomic E-state index is 5.84. The van der Waals surface area contributed by atoms with E-state index in [1.54, 1.807) is 13.3 Å². The van der Waals surface area contributed by atoms with Gasteiger partial charge in [0.2, 0.25) is 0 Å². The number of hydrogen-bond acceptors (Lipinski definition) is 6. The van der Waals surface area contributed by atoms with Crippen molar-refractivity contribution in [2.45, 2.75) is 37.7 Å². The molecule has 1 fully saturated rings. The molecule has 6 nitrogen and oxygen atoms in total. The van der Waals surface area contributed by atoms with Crippen LogP contribution in [0.4, 0.5) is 5.82 Å². The lowest BCUT2D eigenvalue weighted by Gasteiger charge is -2.36. The zero-order valence-corrected chi connectivity index (χ0v) is 14.6. The van der Waals surface area contributed by atoms with Crippen LogP contribution in [0.3, 0.4) is 0 Å². The van der Waals surface area contributed by atoms with Gasteiger partial charge in [-0.1, -0.05) is 6.07 Å². The van der Waals surface area contributed by atoms with Crippen molar-refractivity contribution >= 4 is 5.82 Å². The molecule has 0 saturated carbocycles.